The van der Waals surface area contributed by atoms with E-state index in [0.29, 0.717) is 5.56 Å². The molecule has 0 radical (unpaired) electrons. The molecule has 0 N–H and O–H groups in total. The average Bonchev–Trinajstić information content (AvgIpc) is 2.39. The molecule has 2 heteroatoms. The molecule has 0 saturated heterocycles. The summed E-state index contributed by atoms with van der Waals surface area (Å²) in [6.07, 6.45) is 0. The van der Waals surface area contributed by atoms with Crippen LogP contribution in [-0.2, 0) is 0 Å². The van der Waals surface area contributed by atoms with Crippen molar-refractivity contribution >= 4 is 26.7 Å². The number of hydrogen-bond acceptors (Lipinski definition) is 0. The fourth-order valence-corrected chi connectivity index (χ4v) is 2.79. The zero-order chi connectivity index (χ0) is 12.5. The van der Waals surface area contributed by atoms with Crippen LogP contribution in [0.4, 0.5) is 4.39 Å². The fourth-order valence-electron chi connectivity index (χ4n) is 2.20. The molecule has 0 spiro atoms. The second-order valence-corrected chi connectivity index (χ2v) is 4.98. The Labute approximate surface area is 113 Å². The number of rotatable bonds is 1. The Morgan fingerprint density at radius 2 is 1.39 bits per heavy atom. The van der Waals surface area contributed by atoms with E-state index in [1.54, 1.807) is 6.07 Å². The number of benzene rings is 3. The molecule has 0 unspecified atom stereocenters. The molecular weight excluding hydrogens is 291 g/mol. The van der Waals surface area contributed by atoms with Gasteiger partial charge in [0.15, 0.2) is 0 Å². The third kappa shape index (κ3) is 1.83. The predicted octanol–water partition coefficient (Wildman–Crippen LogP) is 5.41. The van der Waals surface area contributed by atoms with Gasteiger partial charge in [-0.05, 0) is 23.1 Å². The van der Waals surface area contributed by atoms with Gasteiger partial charge in [0, 0.05) is 15.4 Å². The van der Waals surface area contributed by atoms with Crippen molar-refractivity contribution in [1.82, 2.24) is 0 Å². The van der Waals surface area contributed by atoms with Crippen LogP contribution in [0.1, 0.15) is 0 Å². The van der Waals surface area contributed by atoms with E-state index in [-0.39, 0.29) is 5.82 Å². The van der Waals surface area contributed by atoms with Crippen molar-refractivity contribution in [3.63, 3.8) is 0 Å². The van der Waals surface area contributed by atoms with Gasteiger partial charge in [0.2, 0.25) is 0 Å². The highest BCUT2D eigenvalue weighted by atomic mass is 79.9. The molecule has 0 nitrogen and oxygen atoms in total. The smallest absolute Gasteiger partial charge is 0.131 e. The van der Waals surface area contributed by atoms with Crippen molar-refractivity contribution in [2.75, 3.05) is 0 Å². The van der Waals surface area contributed by atoms with Gasteiger partial charge in [0.25, 0.3) is 0 Å². The van der Waals surface area contributed by atoms with Crippen LogP contribution >= 0.6 is 15.9 Å². The Balaban J connectivity index is 2.40. The first kappa shape index (κ1) is 11.4. The summed E-state index contributed by atoms with van der Waals surface area (Å²) in [5.74, 6) is -0.194. The molecule has 0 aromatic heterocycles. The number of fused-ring (bicyclic) bond motifs is 1. The van der Waals surface area contributed by atoms with E-state index in [2.05, 4.69) is 15.9 Å². The molecule has 0 aliphatic carbocycles. The molecule has 3 rings (SSSR count). The van der Waals surface area contributed by atoms with Crippen molar-refractivity contribution in [3.05, 3.63) is 71.0 Å². The van der Waals surface area contributed by atoms with Gasteiger partial charge in [-0.2, -0.15) is 0 Å². The van der Waals surface area contributed by atoms with Gasteiger partial charge in [0.1, 0.15) is 5.82 Å². The highest BCUT2D eigenvalue weighted by Crippen LogP contribution is 2.34. The summed E-state index contributed by atoms with van der Waals surface area (Å²) in [5, 5.41) is 2.15. The summed E-state index contributed by atoms with van der Waals surface area (Å²) in [4.78, 5) is 0. The summed E-state index contributed by atoms with van der Waals surface area (Å²) < 4.78 is 14.9. The molecular formula is C16H10BrF. The molecule has 0 aliphatic heterocycles. The fraction of sp³-hybridized carbons (Fsp3) is 0. The van der Waals surface area contributed by atoms with E-state index in [0.717, 1.165) is 20.8 Å². The predicted molar refractivity (Wildman–Crippen MR) is 77.0 cm³/mol. The Kier molecular flexibility index (Phi) is 2.88. The van der Waals surface area contributed by atoms with E-state index >= 15 is 0 Å². The second-order valence-electron chi connectivity index (χ2n) is 4.12. The Morgan fingerprint density at radius 3 is 2.17 bits per heavy atom. The normalized spacial score (nSPS) is 10.8. The van der Waals surface area contributed by atoms with Crippen LogP contribution in [0.2, 0.25) is 0 Å². The largest absolute Gasteiger partial charge is 0.206 e. The lowest BCUT2D eigenvalue weighted by atomic mass is 9.98. The quantitative estimate of drug-likeness (QED) is 0.564. The molecule has 0 fully saturated rings. The summed E-state index contributed by atoms with van der Waals surface area (Å²) >= 11 is 3.55. The molecule has 0 aliphatic rings. The molecule has 18 heavy (non-hydrogen) atoms. The SMILES string of the molecule is Fc1ccccc1-c1cccc2cccc(Br)c12. The van der Waals surface area contributed by atoms with E-state index < -0.39 is 0 Å². The summed E-state index contributed by atoms with van der Waals surface area (Å²) in [7, 11) is 0. The topological polar surface area (TPSA) is 0 Å². The van der Waals surface area contributed by atoms with E-state index in [9.17, 15) is 4.39 Å². The van der Waals surface area contributed by atoms with E-state index in [1.165, 1.54) is 6.07 Å². The van der Waals surface area contributed by atoms with E-state index in [1.807, 2.05) is 48.5 Å². The Bertz CT molecular complexity index is 714. The minimum atomic E-state index is -0.194. The number of halogens is 2. The van der Waals surface area contributed by atoms with Crippen molar-refractivity contribution < 1.29 is 4.39 Å². The van der Waals surface area contributed by atoms with Crippen LogP contribution < -0.4 is 0 Å². The maximum Gasteiger partial charge on any atom is 0.131 e. The van der Waals surface area contributed by atoms with Gasteiger partial charge in [-0.25, -0.2) is 4.39 Å². The first-order valence-electron chi connectivity index (χ1n) is 5.69. The van der Waals surface area contributed by atoms with Crippen molar-refractivity contribution in [2.45, 2.75) is 0 Å². The summed E-state index contributed by atoms with van der Waals surface area (Å²) in [6.45, 7) is 0. The zero-order valence-corrected chi connectivity index (χ0v) is 11.1. The minimum Gasteiger partial charge on any atom is -0.206 e. The standard InChI is InChI=1S/C16H10BrF/c17-14-9-4-6-11-5-3-8-13(16(11)14)12-7-1-2-10-15(12)18/h1-10H. The average molecular weight is 301 g/mol. The van der Waals surface area contributed by atoms with Crippen LogP contribution in [0.5, 0.6) is 0 Å². The Hall–Kier alpha value is -1.67. The van der Waals surface area contributed by atoms with Gasteiger partial charge in [-0.1, -0.05) is 64.5 Å². The van der Waals surface area contributed by atoms with Gasteiger partial charge in [-0.3, -0.25) is 0 Å². The highest BCUT2D eigenvalue weighted by Gasteiger charge is 2.09. The third-order valence-corrected chi connectivity index (χ3v) is 3.68. The maximum atomic E-state index is 13.9. The van der Waals surface area contributed by atoms with Crippen molar-refractivity contribution in [1.29, 1.82) is 0 Å². The zero-order valence-electron chi connectivity index (χ0n) is 9.53. The third-order valence-electron chi connectivity index (χ3n) is 3.02. The molecule has 3 aromatic rings. The molecule has 0 saturated carbocycles. The van der Waals surface area contributed by atoms with Crippen LogP contribution in [0.25, 0.3) is 21.9 Å². The van der Waals surface area contributed by atoms with Crippen LogP contribution in [-0.4, -0.2) is 0 Å². The monoisotopic (exact) mass is 300 g/mol. The molecule has 0 atom stereocenters. The molecule has 0 heterocycles. The lowest BCUT2D eigenvalue weighted by molar-refractivity contribution is 0.631. The lowest BCUT2D eigenvalue weighted by Crippen LogP contribution is -1.86. The molecule has 0 amide bonds. The van der Waals surface area contributed by atoms with Gasteiger partial charge >= 0.3 is 0 Å². The van der Waals surface area contributed by atoms with Crippen LogP contribution in [0.3, 0.4) is 0 Å². The summed E-state index contributed by atoms with van der Waals surface area (Å²) in [6, 6.07) is 18.8. The first-order chi connectivity index (χ1) is 8.77. The Morgan fingerprint density at radius 1 is 0.722 bits per heavy atom. The number of hydrogen-bond donors (Lipinski definition) is 0. The van der Waals surface area contributed by atoms with Gasteiger partial charge < -0.3 is 0 Å². The lowest BCUT2D eigenvalue weighted by Gasteiger charge is -2.09. The van der Waals surface area contributed by atoms with E-state index in [4.69, 9.17) is 0 Å². The van der Waals surface area contributed by atoms with Crippen LogP contribution in [0, 0.1) is 5.82 Å². The minimum absolute atomic E-state index is 0.194. The molecule has 0 bridgehead atoms. The second kappa shape index (κ2) is 4.54. The van der Waals surface area contributed by atoms with Gasteiger partial charge in [-0.15, -0.1) is 0 Å². The summed E-state index contributed by atoms with van der Waals surface area (Å²) in [5.41, 5.74) is 1.55. The molecule has 3 aromatic carbocycles. The first-order valence-corrected chi connectivity index (χ1v) is 6.49. The van der Waals surface area contributed by atoms with Crippen molar-refractivity contribution in [3.8, 4) is 11.1 Å². The maximum absolute atomic E-state index is 13.9. The van der Waals surface area contributed by atoms with Crippen molar-refractivity contribution in [2.24, 2.45) is 0 Å². The highest BCUT2D eigenvalue weighted by molar-refractivity contribution is 9.10. The van der Waals surface area contributed by atoms with Crippen LogP contribution in [0.15, 0.2) is 65.1 Å². The molecule has 88 valence electrons. The van der Waals surface area contributed by atoms with Gasteiger partial charge in [0.05, 0.1) is 0 Å².